The van der Waals surface area contributed by atoms with Crippen LogP contribution in [-0.4, -0.2) is 26.8 Å². The van der Waals surface area contributed by atoms with Crippen LogP contribution in [0.15, 0.2) is 54.2 Å². The summed E-state index contributed by atoms with van der Waals surface area (Å²) in [6.45, 7) is 4.97. The predicted molar refractivity (Wildman–Crippen MR) is 123 cm³/mol. The van der Waals surface area contributed by atoms with Crippen LogP contribution in [0.1, 0.15) is 45.2 Å². The van der Waals surface area contributed by atoms with Gasteiger partial charge in [0.05, 0.1) is 16.3 Å². The molecule has 7 heteroatoms. The monoisotopic (exact) mass is 434 g/mol. The molecule has 3 heterocycles. The van der Waals surface area contributed by atoms with Crippen molar-refractivity contribution in [1.29, 1.82) is 0 Å². The van der Waals surface area contributed by atoms with Gasteiger partial charge >= 0.3 is 0 Å². The minimum atomic E-state index is -0.119. The first-order valence-corrected chi connectivity index (χ1v) is 11.3. The number of rotatable bonds is 9. The molecule has 160 valence electrons. The Balaban J connectivity index is 1.30. The number of hydrogen-bond acceptors (Lipinski definition) is 5. The van der Waals surface area contributed by atoms with E-state index in [0.717, 1.165) is 46.9 Å². The summed E-state index contributed by atoms with van der Waals surface area (Å²) in [5.41, 5.74) is 4.46. The quantitative estimate of drug-likeness (QED) is 0.386. The fourth-order valence-corrected chi connectivity index (χ4v) is 4.24. The van der Waals surface area contributed by atoms with E-state index in [0.29, 0.717) is 24.5 Å². The first-order chi connectivity index (χ1) is 15.1. The number of fused-ring (bicyclic) bond motifs is 1. The summed E-state index contributed by atoms with van der Waals surface area (Å²) in [5, 5.41) is 6.23. The van der Waals surface area contributed by atoms with Crippen LogP contribution in [-0.2, 0) is 13.0 Å². The van der Waals surface area contributed by atoms with Crippen molar-refractivity contribution < 1.29 is 9.53 Å². The molecule has 4 rings (SSSR count). The van der Waals surface area contributed by atoms with Gasteiger partial charge < -0.3 is 14.5 Å². The van der Waals surface area contributed by atoms with E-state index in [1.807, 2.05) is 61.0 Å². The lowest BCUT2D eigenvalue weighted by Crippen LogP contribution is -2.25. The van der Waals surface area contributed by atoms with E-state index in [1.54, 1.807) is 17.4 Å². The van der Waals surface area contributed by atoms with Crippen molar-refractivity contribution in [2.45, 2.75) is 39.7 Å². The number of thiazole rings is 1. The minimum Gasteiger partial charge on any atom is -0.486 e. The molecule has 0 aliphatic heterocycles. The maximum Gasteiger partial charge on any atom is 0.255 e. The van der Waals surface area contributed by atoms with Gasteiger partial charge in [0.15, 0.2) is 0 Å². The molecule has 6 nitrogen and oxygen atoms in total. The van der Waals surface area contributed by atoms with Gasteiger partial charge in [0.2, 0.25) is 0 Å². The fraction of sp³-hybridized carbons (Fsp3) is 0.292. The third-order valence-corrected chi connectivity index (χ3v) is 6.03. The van der Waals surface area contributed by atoms with E-state index in [9.17, 15) is 4.79 Å². The molecule has 0 bridgehead atoms. The van der Waals surface area contributed by atoms with E-state index in [-0.39, 0.29) is 5.91 Å². The molecular weight excluding hydrogens is 408 g/mol. The van der Waals surface area contributed by atoms with Gasteiger partial charge in [0, 0.05) is 30.0 Å². The Hall–Kier alpha value is -3.19. The van der Waals surface area contributed by atoms with Crippen molar-refractivity contribution in [3.63, 3.8) is 0 Å². The highest BCUT2D eigenvalue weighted by Gasteiger charge is 2.13. The topological polar surface area (TPSA) is 68.5 Å². The van der Waals surface area contributed by atoms with E-state index < -0.39 is 0 Å². The number of imidazole rings is 1. The zero-order valence-corrected chi connectivity index (χ0v) is 18.6. The second-order valence-corrected chi connectivity index (χ2v) is 8.48. The average molecular weight is 435 g/mol. The van der Waals surface area contributed by atoms with Gasteiger partial charge in [-0.2, -0.15) is 0 Å². The highest BCUT2D eigenvalue weighted by molar-refractivity contribution is 7.09. The lowest BCUT2D eigenvalue weighted by atomic mass is 10.2. The number of pyridine rings is 1. The lowest BCUT2D eigenvalue weighted by Gasteiger charge is -2.11. The van der Waals surface area contributed by atoms with Crippen molar-refractivity contribution >= 4 is 22.9 Å². The highest BCUT2D eigenvalue weighted by atomic mass is 32.1. The fourth-order valence-electron chi connectivity index (χ4n) is 3.42. The van der Waals surface area contributed by atoms with Crippen LogP contribution in [0.2, 0.25) is 0 Å². The van der Waals surface area contributed by atoms with Gasteiger partial charge in [0.25, 0.3) is 5.91 Å². The first-order valence-electron chi connectivity index (χ1n) is 10.4. The van der Waals surface area contributed by atoms with Crippen LogP contribution in [0.3, 0.4) is 0 Å². The minimum absolute atomic E-state index is 0.119. The molecule has 3 aromatic heterocycles. The first kappa shape index (κ1) is 21.1. The summed E-state index contributed by atoms with van der Waals surface area (Å²) in [6.07, 6.45) is 6.78. The number of carbonyl (C=O) groups excluding carboxylic acids is 1. The molecule has 1 N–H and O–H groups in total. The smallest absolute Gasteiger partial charge is 0.255 e. The average Bonchev–Trinajstić information content (AvgIpc) is 3.38. The molecule has 4 aromatic rings. The van der Waals surface area contributed by atoms with E-state index in [2.05, 4.69) is 20.7 Å². The Morgan fingerprint density at radius 2 is 2.00 bits per heavy atom. The molecular formula is C24H26N4O2S. The Labute approximate surface area is 185 Å². The largest absolute Gasteiger partial charge is 0.486 e. The van der Waals surface area contributed by atoms with Crippen molar-refractivity contribution in [1.82, 2.24) is 19.7 Å². The number of nitrogens with zero attached hydrogens (tertiary/aromatic N) is 3. The van der Waals surface area contributed by atoms with Crippen LogP contribution >= 0.6 is 11.3 Å². The van der Waals surface area contributed by atoms with Crippen molar-refractivity contribution in [3.8, 4) is 5.75 Å². The molecule has 0 aliphatic carbocycles. The Bertz CT molecular complexity index is 1180. The van der Waals surface area contributed by atoms with Gasteiger partial charge in [0.1, 0.15) is 18.0 Å². The van der Waals surface area contributed by atoms with Gasteiger partial charge in [-0.25, -0.2) is 9.97 Å². The van der Waals surface area contributed by atoms with Gasteiger partial charge in [-0.3, -0.25) is 4.79 Å². The molecule has 1 aromatic carbocycles. The molecule has 0 saturated carbocycles. The molecule has 0 fully saturated rings. The second kappa shape index (κ2) is 9.75. The molecule has 0 saturated heterocycles. The van der Waals surface area contributed by atoms with Gasteiger partial charge in [-0.15, -0.1) is 11.3 Å². The number of aryl methyl sites for hydroxylation is 3. The van der Waals surface area contributed by atoms with Crippen LogP contribution in [0.4, 0.5) is 0 Å². The number of ether oxygens (including phenoxy) is 1. The third kappa shape index (κ3) is 5.30. The summed E-state index contributed by atoms with van der Waals surface area (Å²) in [4.78, 5) is 21.8. The number of benzene rings is 1. The van der Waals surface area contributed by atoms with Crippen molar-refractivity contribution in [2.75, 3.05) is 6.54 Å². The summed E-state index contributed by atoms with van der Waals surface area (Å²) in [5.74, 6) is 0.443. The Morgan fingerprint density at radius 3 is 2.81 bits per heavy atom. The van der Waals surface area contributed by atoms with Crippen LogP contribution in [0, 0.1) is 13.8 Å². The number of unbranched alkanes of at least 4 members (excludes halogenated alkanes) is 1. The molecule has 0 aliphatic rings. The van der Waals surface area contributed by atoms with E-state index >= 15 is 0 Å². The summed E-state index contributed by atoms with van der Waals surface area (Å²) >= 11 is 1.70. The molecule has 0 unspecified atom stereocenters. The second-order valence-electron chi connectivity index (χ2n) is 7.53. The summed E-state index contributed by atoms with van der Waals surface area (Å²) in [6, 6.07) is 11.4. The summed E-state index contributed by atoms with van der Waals surface area (Å²) < 4.78 is 7.94. The maximum absolute atomic E-state index is 12.7. The molecule has 0 spiro atoms. The maximum atomic E-state index is 12.7. The van der Waals surface area contributed by atoms with E-state index in [4.69, 9.17) is 4.74 Å². The number of para-hydroxylation sites is 1. The Kier molecular flexibility index (Phi) is 6.62. The SMILES string of the molecule is Cc1csc(CCCCNC(=O)c2ccccc2OCc2cn3cccc(C)c3n2)n1. The number of hydrogen-bond donors (Lipinski definition) is 1. The molecule has 0 radical (unpaired) electrons. The number of aromatic nitrogens is 3. The van der Waals surface area contributed by atoms with Crippen molar-refractivity contribution in [3.05, 3.63) is 81.7 Å². The van der Waals surface area contributed by atoms with Crippen LogP contribution in [0.25, 0.3) is 5.65 Å². The number of carbonyl (C=O) groups is 1. The Morgan fingerprint density at radius 1 is 1.13 bits per heavy atom. The number of nitrogens with one attached hydrogen (secondary N) is 1. The zero-order chi connectivity index (χ0) is 21.6. The van der Waals surface area contributed by atoms with Gasteiger partial charge in [-0.05, 0) is 56.9 Å². The lowest BCUT2D eigenvalue weighted by molar-refractivity contribution is 0.0948. The van der Waals surface area contributed by atoms with Crippen LogP contribution in [0.5, 0.6) is 5.75 Å². The normalized spacial score (nSPS) is 11.0. The van der Waals surface area contributed by atoms with Crippen LogP contribution < -0.4 is 10.1 Å². The molecule has 31 heavy (non-hydrogen) atoms. The molecule has 0 atom stereocenters. The van der Waals surface area contributed by atoms with E-state index in [1.165, 1.54) is 0 Å². The predicted octanol–water partition coefficient (Wildman–Crippen LogP) is 4.74. The molecule has 1 amide bonds. The standard InChI is InChI=1S/C24H26N4O2S/c1-17-8-7-13-28-14-19(27-23(17)28)15-30-21-10-4-3-9-20(21)24(29)25-12-6-5-11-22-26-18(2)16-31-22/h3-4,7-10,13-14,16H,5-6,11-12,15H2,1-2H3,(H,25,29). The summed E-state index contributed by atoms with van der Waals surface area (Å²) in [7, 11) is 0. The van der Waals surface area contributed by atoms with Gasteiger partial charge in [-0.1, -0.05) is 18.2 Å². The zero-order valence-electron chi connectivity index (χ0n) is 17.8. The number of amides is 1. The highest BCUT2D eigenvalue weighted by Crippen LogP contribution is 2.20. The third-order valence-electron chi connectivity index (χ3n) is 5.00. The van der Waals surface area contributed by atoms with Crippen molar-refractivity contribution in [2.24, 2.45) is 0 Å².